The molecule has 1 fully saturated rings. The third-order valence-corrected chi connectivity index (χ3v) is 8.39. The average molecular weight is 525 g/mol. The van der Waals surface area contributed by atoms with Gasteiger partial charge in [-0.05, 0) is 88.6 Å². The first kappa shape index (κ1) is 26.9. The first-order valence-electron chi connectivity index (χ1n) is 14.0. The maximum absolute atomic E-state index is 15.5. The zero-order chi connectivity index (χ0) is 27.2. The first-order chi connectivity index (χ1) is 18.0. The summed E-state index contributed by atoms with van der Waals surface area (Å²) in [4.78, 5) is 27.6. The summed E-state index contributed by atoms with van der Waals surface area (Å²) in [6.07, 6.45) is 7.79. The molecule has 0 saturated heterocycles. The highest BCUT2D eigenvalue weighted by atomic mass is 19.1. The normalized spacial score (nSPS) is 22.4. The number of Topliss-reactive ketones (excluding diaryl/α,β-unsaturated/α-hetero) is 1. The maximum Gasteiger partial charge on any atom is 0.253 e. The summed E-state index contributed by atoms with van der Waals surface area (Å²) < 4.78 is 23.7. The molecule has 1 amide bonds. The number of aromatic nitrogens is 1. The van der Waals surface area contributed by atoms with E-state index < -0.39 is 11.7 Å². The third kappa shape index (κ3) is 5.25. The smallest absolute Gasteiger partial charge is 0.253 e. The summed E-state index contributed by atoms with van der Waals surface area (Å²) in [6, 6.07) is 3.36. The second kappa shape index (κ2) is 10.5. The molecule has 0 radical (unpaired) electrons. The van der Waals surface area contributed by atoms with Gasteiger partial charge in [-0.2, -0.15) is 0 Å². The van der Waals surface area contributed by atoms with Gasteiger partial charge in [0.1, 0.15) is 5.82 Å². The molecule has 7 nitrogen and oxygen atoms in total. The molecule has 38 heavy (non-hydrogen) atoms. The Morgan fingerprint density at radius 3 is 2.58 bits per heavy atom. The van der Waals surface area contributed by atoms with Crippen molar-refractivity contribution < 1.29 is 18.7 Å². The van der Waals surface area contributed by atoms with Crippen LogP contribution in [0.4, 0.5) is 10.1 Å². The summed E-state index contributed by atoms with van der Waals surface area (Å²) >= 11 is 0. The monoisotopic (exact) mass is 524 g/mol. The lowest BCUT2D eigenvalue weighted by atomic mass is 9.75. The molecule has 0 spiro atoms. The summed E-state index contributed by atoms with van der Waals surface area (Å²) in [7, 11) is 4.06. The fourth-order valence-electron chi connectivity index (χ4n) is 6.62. The molecule has 1 saturated carbocycles. The van der Waals surface area contributed by atoms with Gasteiger partial charge in [-0.25, -0.2) is 4.39 Å². The fraction of sp³-hybridized carbons (Fsp3) is 0.600. The Kier molecular flexibility index (Phi) is 7.40. The van der Waals surface area contributed by atoms with Gasteiger partial charge in [0.2, 0.25) is 0 Å². The Hall–Kier alpha value is -2.71. The number of benzene rings is 1. The molecule has 2 aromatic rings. The van der Waals surface area contributed by atoms with E-state index in [1.165, 1.54) is 6.07 Å². The number of carbonyl (C=O) groups is 2. The number of nitrogens with two attached hydrogens (primary N) is 1. The summed E-state index contributed by atoms with van der Waals surface area (Å²) in [5.41, 5.74) is 10.5. The van der Waals surface area contributed by atoms with Crippen molar-refractivity contribution in [1.82, 2.24) is 9.47 Å². The molecule has 1 aromatic carbocycles. The van der Waals surface area contributed by atoms with E-state index in [9.17, 15) is 9.59 Å². The number of hydrogen-bond donors (Lipinski definition) is 2. The minimum absolute atomic E-state index is 0.0984. The maximum atomic E-state index is 15.5. The number of primary amides is 1. The van der Waals surface area contributed by atoms with Crippen LogP contribution in [0.15, 0.2) is 12.1 Å². The number of amides is 1. The van der Waals surface area contributed by atoms with E-state index in [1.807, 2.05) is 20.2 Å². The van der Waals surface area contributed by atoms with Crippen molar-refractivity contribution in [2.75, 3.05) is 32.6 Å². The molecular formula is C30H41FN4O3. The molecule has 3 N–H and O–H groups in total. The molecule has 0 bridgehead atoms. The summed E-state index contributed by atoms with van der Waals surface area (Å²) in [5.74, 6) is -1.23. The minimum atomic E-state index is -0.784. The van der Waals surface area contributed by atoms with Crippen molar-refractivity contribution in [1.29, 1.82) is 0 Å². The number of rotatable bonds is 8. The predicted molar refractivity (Wildman–Crippen MR) is 147 cm³/mol. The lowest BCUT2D eigenvalue weighted by molar-refractivity contribution is 0.0196. The number of ketones is 1. The Balaban J connectivity index is 1.45. The number of carbonyl (C=O) groups excluding carboxylic acids is 2. The van der Waals surface area contributed by atoms with Crippen LogP contribution in [0, 0.1) is 11.2 Å². The van der Waals surface area contributed by atoms with E-state index in [0.29, 0.717) is 24.4 Å². The lowest BCUT2D eigenvalue weighted by Crippen LogP contribution is -2.32. The average Bonchev–Trinajstić information content (AvgIpc) is 3.38. The molecule has 1 heterocycles. The lowest BCUT2D eigenvalue weighted by Gasteiger charge is -2.31. The number of nitrogens with one attached hydrogen (secondary N) is 1. The zero-order valence-electron chi connectivity index (χ0n) is 23.2. The van der Waals surface area contributed by atoms with Crippen LogP contribution in [-0.4, -0.2) is 60.6 Å². The van der Waals surface area contributed by atoms with Crippen molar-refractivity contribution >= 4 is 17.4 Å². The van der Waals surface area contributed by atoms with Gasteiger partial charge in [0.15, 0.2) is 5.78 Å². The predicted octanol–water partition coefficient (Wildman–Crippen LogP) is 4.66. The van der Waals surface area contributed by atoms with E-state index in [1.54, 1.807) is 0 Å². The van der Waals surface area contributed by atoms with Crippen LogP contribution in [0.25, 0.3) is 5.69 Å². The van der Waals surface area contributed by atoms with Gasteiger partial charge in [0.05, 0.1) is 29.6 Å². The second-order valence-corrected chi connectivity index (χ2v) is 12.4. The van der Waals surface area contributed by atoms with Crippen LogP contribution < -0.4 is 11.1 Å². The number of hydrogen-bond acceptors (Lipinski definition) is 5. The van der Waals surface area contributed by atoms with Crippen molar-refractivity contribution in [3.05, 3.63) is 46.0 Å². The zero-order valence-corrected chi connectivity index (χ0v) is 23.2. The highest BCUT2D eigenvalue weighted by Crippen LogP contribution is 2.43. The van der Waals surface area contributed by atoms with Crippen LogP contribution in [0.5, 0.6) is 0 Å². The van der Waals surface area contributed by atoms with Crippen molar-refractivity contribution in [2.24, 2.45) is 11.1 Å². The molecule has 206 valence electrons. The quantitative estimate of drug-likeness (QED) is 0.524. The van der Waals surface area contributed by atoms with E-state index >= 15 is 4.39 Å². The van der Waals surface area contributed by atoms with Gasteiger partial charge in [0, 0.05) is 36.0 Å². The molecule has 5 rings (SSSR count). The number of nitrogens with zero attached hydrogens (tertiary/aromatic N) is 2. The first-order valence-corrected chi connectivity index (χ1v) is 14.0. The molecule has 0 aliphatic heterocycles. The topological polar surface area (TPSA) is 89.6 Å². The third-order valence-electron chi connectivity index (χ3n) is 8.39. The highest BCUT2D eigenvalue weighted by Gasteiger charge is 2.39. The number of likely N-dealkylation sites (N-methyl/N-ethyl adjacent to an activating group) is 1. The summed E-state index contributed by atoms with van der Waals surface area (Å²) in [6.45, 7) is 5.82. The Bertz CT molecular complexity index is 1240. The van der Waals surface area contributed by atoms with Crippen LogP contribution in [0.2, 0.25) is 0 Å². The Labute approximate surface area is 224 Å². The van der Waals surface area contributed by atoms with Gasteiger partial charge in [-0.15, -0.1) is 0 Å². The molecular weight excluding hydrogens is 483 g/mol. The molecule has 3 aliphatic rings. The molecule has 8 heteroatoms. The van der Waals surface area contributed by atoms with Crippen molar-refractivity contribution in [3.63, 3.8) is 0 Å². The van der Waals surface area contributed by atoms with Crippen molar-refractivity contribution in [2.45, 2.75) is 83.8 Å². The minimum Gasteiger partial charge on any atom is -0.382 e. The second-order valence-electron chi connectivity index (χ2n) is 12.4. The van der Waals surface area contributed by atoms with E-state index in [2.05, 4.69) is 28.6 Å². The van der Waals surface area contributed by atoms with Crippen LogP contribution >= 0.6 is 0 Å². The van der Waals surface area contributed by atoms with Crippen LogP contribution in [0.1, 0.15) is 90.0 Å². The van der Waals surface area contributed by atoms with Crippen LogP contribution in [-0.2, 0) is 24.0 Å². The van der Waals surface area contributed by atoms with E-state index in [-0.39, 0.29) is 28.9 Å². The fourth-order valence-corrected chi connectivity index (χ4v) is 6.62. The standard InChI is InChI=1S/C30H41FN4O3/c1-30(2)16-25-27(26(36)17-30)21-6-5-7-24(21)35(25)19-14-22(31)28(29(32)37)23(15-19)33-18-8-10-20(11-9-18)38-13-12-34(3)4/h14-15,18,20,33H,5-13,16-17H2,1-4H3,(H2,32,37). The summed E-state index contributed by atoms with van der Waals surface area (Å²) in [5, 5.41) is 3.46. The molecule has 0 unspecified atom stereocenters. The van der Waals surface area contributed by atoms with E-state index in [0.717, 1.165) is 80.4 Å². The molecule has 1 aromatic heterocycles. The number of fused-ring (bicyclic) bond motifs is 3. The molecule has 3 aliphatic carbocycles. The largest absolute Gasteiger partial charge is 0.382 e. The van der Waals surface area contributed by atoms with Gasteiger partial charge < -0.3 is 25.3 Å². The number of halogens is 1. The Morgan fingerprint density at radius 1 is 1.16 bits per heavy atom. The van der Waals surface area contributed by atoms with Crippen LogP contribution in [0.3, 0.4) is 0 Å². The number of anilines is 1. The molecule has 0 atom stereocenters. The Morgan fingerprint density at radius 2 is 1.89 bits per heavy atom. The van der Waals surface area contributed by atoms with Gasteiger partial charge in [-0.1, -0.05) is 13.8 Å². The van der Waals surface area contributed by atoms with Gasteiger partial charge in [0.25, 0.3) is 5.91 Å². The van der Waals surface area contributed by atoms with Gasteiger partial charge >= 0.3 is 0 Å². The van der Waals surface area contributed by atoms with Crippen molar-refractivity contribution in [3.8, 4) is 5.69 Å². The highest BCUT2D eigenvalue weighted by molar-refractivity contribution is 6.01. The number of ether oxygens (including phenoxy) is 1. The SMILES string of the molecule is CN(C)CCOC1CCC(Nc2cc(-n3c4c(c5c3CC(C)(C)CC5=O)CCC4)cc(F)c2C(N)=O)CC1. The van der Waals surface area contributed by atoms with E-state index in [4.69, 9.17) is 10.5 Å². The van der Waals surface area contributed by atoms with Gasteiger partial charge in [-0.3, -0.25) is 9.59 Å².